The highest BCUT2D eigenvalue weighted by molar-refractivity contribution is 5.12. The molecule has 0 bridgehead atoms. The maximum absolute atomic E-state index is 6.12. The Morgan fingerprint density at radius 2 is 2.33 bits per heavy atom. The van der Waals surface area contributed by atoms with Crippen molar-refractivity contribution in [3.63, 3.8) is 0 Å². The van der Waals surface area contributed by atoms with Crippen LogP contribution < -0.4 is 5.73 Å². The topological polar surface area (TPSA) is 30.9 Å². The smallest absolute Gasteiger partial charge is 0.0478 e. The van der Waals surface area contributed by atoms with Gasteiger partial charge in [0.2, 0.25) is 0 Å². The molecule has 0 amide bonds. The SMILES string of the molecule is Cn1cccc1[C@H](N)C1CCC1. The summed E-state index contributed by atoms with van der Waals surface area (Å²) in [6.07, 6.45) is 6.05. The molecule has 1 atom stereocenters. The maximum Gasteiger partial charge on any atom is 0.0478 e. The molecule has 1 heterocycles. The Kier molecular flexibility index (Phi) is 1.93. The van der Waals surface area contributed by atoms with Crippen molar-refractivity contribution < 1.29 is 0 Å². The molecule has 1 aromatic heterocycles. The minimum Gasteiger partial charge on any atom is -0.353 e. The lowest BCUT2D eigenvalue weighted by atomic mass is 9.79. The third-order valence-electron chi connectivity index (χ3n) is 2.98. The number of aromatic nitrogens is 1. The Labute approximate surface area is 73.4 Å². The Morgan fingerprint density at radius 3 is 2.75 bits per heavy atom. The molecule has 0 spiro atoms. The van der Waals surface area contributed by atoms with E-state index in [0.717, 1.165) is 5.92 Å². The molecule has 0 saturated heterocycles. The molecule has 0 aromatic carbocycles. The number of hydrogen-bond acceptors (Lipinski definition) is 1. The zero-order chi connectivity index (χ0) is 8.55. The Hall–Kier alpha value is -0.760. The van der Waals surface area contributed by atoms with Crippen molar-refractivity contribution in [1.29, 1.82) is 0 Å². The summed E-state index contributed by atoms with van der Waals surface area (Å²) in [4.78, 5) is 0. The average molecular weight is 164 g/mol. The number of aryl methyl sites for hydroxylation is 1. The fourth-order valence-corrected chi connectivity index (χ4v) is 1.86. The third-order valence-corrected chi connectivity index (χ3v) is 2.98. The van der Waals surface area contributed by atoms with Gasteiger partial charge in [-0.1, -0.05) is 6.42 Å². The van der Waals surface area contributed by atoms with Crippen LogP contribution in [-0.2, 0) is 7.05 Å². The molecule has 2 rings (SSSR count). The average Bonchev–Trinajstić information content (AvgIpc) is 2.31. The van der Waals surface area contributed by atoms with E-state index >= 15 is 0 Å². The van der Waals surface area contributed by atoms with Crippen LogP contribution in [0.15, 0.2) is 18.3 Å². The molecule has 2 nitrogen and oxygen atoms in total. The van der Waals surface area contributed by atoms with Gasteiger partial charge in [0, 0.05) is 25.0 Å². The summed E-state index contributed by atoms with van der Waals surface area (Å²) in [5, 5.41) is 0. The number of rotatable bonds is 2. The lowest BCUT2D eigenvalue weighted by molar-refractivity contribution is 0.258. The monoisotopic (exact) mass is 164 g/mol. The molecule has 1 aromatic rings. The van der Waals surface area contributed by atoms with Crippen molar-refractivity contribution in [2.45, 2.75) is 25.3 Å². The first kappa shape index (κ1) is 7.87. The predicted octanol–water partition coefficient (Wildman–Crippen LogP) is 1.82. The fourth-order valence-electron chi connectivity index (χ4n) is 1.86. The van der Waals surface area contributed by atoms with Crippen molar-refractivity contribution in [1.82, 2.24) is 4.57 Å². The minimum atomic E-state index is 0.263. The highest BCUT2D eigenvalue weighted by Crippen LogP contribution is 2.35. The molecular weight excluding hydrogens is 148 g/mol. The van der Waals surface area contributed by atoms with Crippen molar-refractivity contribution in [2.75, 3.05) is 0 Å². The van der Waals surface area contributed by atoms with E-state index in [2.05, 4.69) is 29.9 Å². The number of nitrogens with two attached hydrogens (primary N) is 1. The van der Waals surface area contributed by atoms with Gasteiger partial charge in [-0.3, -0.25) is 0 Å². The largest absolute Gasteiger partial charge is 0.353 e. The van der Waals surface area contributed by atoms with E-state index in [1.165, 1.54) is 25.0 Å². The van der Waals surface area contributed by atoms with E-state index in [1.54, 1.807) is 0 Å². The van der Waals surface area contributed by atoms with E-state index < -0.39 is 0 Å². The summed E-state index contributed by atoms with van der Waals surface area (Å²) >= 11 is 0. The molecule has 1 aliphatic rings. The van der Waals surface area contributed by atoms with Crippen LogP contribution >= 0.6 is 0 Å². The standard InChI is InChI=1S/C10H16N2/c1-12-7-3-6-9(12)10(11)8-4-2-5-8/h3,6-8,10H,2,4-5,11H2,1H3/t10-/m1/s1. The van der Waals surface area contributed by atoms with Crippen LogP contribution in [0.2, 0.25) is 0 Å². The van der Waals surface area contributed by atoms with Gasteiger partial charge in [0.1, 0.15) is 0 Å². The van der Waals surface area contributed by atoms with Crippen molar-refractivity contribution in [3.8, 4) is 0 Å². The normalized spacial score (nSPS) is 20.5. The Morgan fingerprint density at radius 1 is 1.58 bits per heavy atom. The van der Waals surface area contributed by atoms with Gasteiger partial charge in [-0.15, -0.1) is 0 Å². The van der Waals surface area contributed by atoms with Gasteiger partial charge in [-0.25, -0.2) is 0 Å². The minimum absolute atomic E-state index is 0.263. The zero-order valence-corrected chi connectivity index (χ0v) is 7.53. The molecule has 2 heteroatoms. The highest BCUT2D eigenvalue weighted by Gasteiger charge is 2.26. The van der Waals surface area contributed by atoms with Crippen LogP contribution in [0, 0.1) is 5.92 Å². The van der Waals surface area contributed by atoms with Crippen LogP contribution in [-0.4, -0.2) is 4.57 Å². The summed E-state index contributed by atoms with van der Waals surface area (Å²) in [5.74, 6) is 0.735. The third kappa shape index (κ3) is 1.16. The van der Waals surface area contributed by atoms with Gasteiger partial charge in [0.25, 0.3) is 0 Å². The lowest BCUT2D eigenvalue weighted by Gasteiger charge is -2.31. The lowest BCUT2D eigenvalue weighted by Crippen LogP contribution is -2.28. The van der Waals surface area contributed by atoms with Crippen LogP contribution in [0.1, 0.15) is 31.0 Å². The van der Waals surface area contributed by atoms with E-state index in [9.17, 15) is 0 Å². The molecule has 2 N–H and O–H groups in total. The first-order valence-corrected chi connectivity index (χ1v) is 4.66. The maximum atomic E-state index is 6.12. The summed E-state index contributed by atoms with van der Waals surface area (Å²) in [5.41, 5.74) is 7.40. The first-order valence-electron chi connectivity index (χ1n) is 4.66. The molecule has 12 heavy (non-hydrogen) atoms. The van der Waals surface area contributed by atoms with E-state index in [1.807, 2.05) is 0 Å². The van der Waals surface area contributed by atoms with E-state index in [4.69, 9.17) is 5.73 Å². The summed E-state index contributed by atoms with van der Waals surface area (Å²) < 4.78 is 2.13. The number of hydrogen-bond donors (Lipinski definition) is 1. The Bertz CT molecular complexity index is 261. The fraction of sp³-hybridized carbons (Fsp3) is 0.600. The molecule has 1 saturated carbocycles. The van der Waals surface area contributed by atoms with Gasteiger partial charge in [0.15, 0.2) is 0 Å². The Balaban J connectivity index is 2.13. The van der Waals surface area contributed by atoms with E-state index in [-0.39, 0.29) is 6.04 Å². The van der Waals surface area contributed by atoms with Gasteiger partial charge >= 0.3 is 0 Å². The number of nitrogens with zero attached hydrogens (tertiary/aromatic N) is 1. The predicted molar refractivity (Wildman–Crippen MR) is 49.7 cm³/mol. The second-order valence-electron chi connectivity index (χ2n) is 3.76. The van der Waals surface area contributed by atoms with Crippen LogP contribution in [0.25, 0.3) is 0 Å². The van der Waals surface area contributed by atoms with Crippen LogP contribution in [0.5, 0.6) is 0 Å². The highest BCUT2D eigenvalue weighted by atomic mass is 15.0. The quantitative estimate of drug-likeness (QED) is 0.710. The van der Waals surface area contributed by atoms with Gasteiger partial charge in [0.05, 0.1) is 0 Å². The summed E-state index contributed by atoms with van der Waals surface area (Å²) in [7, 11) is 2.06. The molecule has 1 fully saturated rings. The molecule has 0 radical (unpaired) electrons. The summed E-state index contributed by atoms with van der Waals surface area (Å²) in [6, 6.07) is 4.45. The van der Waals surface area contributed by atoms with Crippen LogP contribution in [0.4, 0.5) is 0 Å². The van der Waals surface area contributed by atoms with Crippen molar-refractivity contribution >= 4 is 0 Å². The van der Waals surface area contributed by atoms with E-state index in [0.29, 0.717) is 0 Å². The van der Waals surface area contributed by atoms with Gasteiger partial charge in [-0.2, -0.15) is 0 Å². The first-order chi connectivity index (χ1) is 5.79. The molecule has 66 valence electrons. The van der Waals surface area contributed by atoms with Crippen molar-refractivity contribution in [3.05, 3.63) is 24.0 Å². The van der Waals surface area contributed by atoms with Crippen LogP contribution in [0.3, 0.4) is 0 Å². The molecule has 0 unspecified atom stereocenters. The molecule has 0 aliphatic heterocycles. The second-order valence-corrected chi connectivity index (χ2v) is 3.76. The van der Waals surface area contributed by atoms with Crippen molar-refractivity contribution in [2.24, 2.45) is 18.7 Å². The summed E-state index contributed by atoms with van der Waals surface area (Å²) in [6.45, 7) is 0. The molecule has 1 aliphatic carbocycles. The molecular formula is C10H16N2. The zero-order valence-electron chi connectivity index (χ0n) is 7.53. The second kappa shape index (κ2) is 2.94. The van der Waals surface area contributed by atoms with Gasteiger partial charge in [-0.05, 0) is 30.9 Å². The van der Waals surface area contributed by atoms with Gasteiger partial charge < -0.3 is 10.3 Å².